The average molecular weight is 440 g/mol. The van der Waals surface area contributed by atoms with Crippen molar-refractivity contribution in [3.8, 4) is 11.4 Å². The SMILES string of the molecule is COc1ccc(-n2c(C)cc(C(=O)NC[C@@H](c3cccs3)N3CCOCC3)c2C)cc1. The fourth-order valence-electron chi connectivity index (χ4n) is 4.19. The van der Waals surface area contributed by atoms with Crippen molar-refractivity contribution in [3.63, 3.8) is 0 Å². The van der Waals surface area contributed by atoms with Gasteiger partial charge in [0.15, 0.2) is 0 Å². The minimum Gasteiger partial charge on any atom is -0.497 e. The first-order valence-corrected chi connectivity index (χ1v) is 11.4. The van der Waals surface area contributed by atoms with E-state index in [9.17, 15) is 4.79 Å². The number of rotatable bonds is 7. The van der Waals surface area contributed by atoms with E-state index in [1.165, 1.54) is 4.88 Å². The molecule has 0 aliphatic carbocycles. The van der Waals surface area contributed by atoms with E-state index >= 15 is 0 Å². The summed E-state index contributed by atoms with van der Waals surface area (Å²) in [5, 5.41) is 5.28. The summed E-state index contributed by atoms with van der Waals surface area (Å²) in [4.78, 5) is 16.8. The van der Waals surface area contributed by atoms with Crippen molar-refractivity contribution in [1.29, 1.82) is 0 Å². The number of thiophene rings is 1. The van der Waals surface area contributed by atoms with Crippen LogP contribution < -0.4 is 10.1 Å². The molecule has 31 heavy (non-hydrogen) atoms. The highest BCUT2D eigenvalue weighted by molar-refractivity contribution is 7.10. The number of morpholine rings is 1. The van der Waals surface area contributed by atoms with Crippen LogP contribution in [0.3, 0.4) is 0 Å². The Hall–Kier alpha value is -2.61. The van der Waals surface area contributed by atoms with E-state index in [0.717, 1.165) is 49.1 Å². The lowest BCUT2D eigenvalue weighted by Gasteiger charge is -2.34. The minimum absolute atomic E-state index is 0.0392. The van der Waals surface area contributed by atoms with Gasteiger partial charge < -0.3 is 19.4 Å². The fraction of sp³-hybridized carbons (Fsp3) is 0.375. The van der Waals surface area contributed by atoms with Crippen molar-refractivity contribution in [2.45, 2.75) is 19.9 Å². The van der Waals surface area contributed by atoms with Gasteiger partial charge in [-0.05, 0) is 55.6 Å². The highest BCUT2D eigenvalue weighted by atomic mass is 32.1. The molecule has 0 radical (unpaired) electrons. The van der Waals surface area contributed by atoms with Crippen LogP contribution in [0.5, 0.6) is 5.75 Å². The lowest BCUT2D eigenvalue weighted by molar-refractivity contribution is 0.0169. The molecule has 1 atom stereocenters. The Labute approximate surface area is 187 Å². The topological polar surface area (TPSA) is 55.7 Å². The second-order valence-corrected chi connectivity index (χ2v) is 8.69. The van der Waals surface area contributed by atoms with Gasteiger partial charge in [0.25, 0.3) is 5.91 Å². The van der Waals surface area contributed by atoms with Crippen LogP contribution in [0.1, 0.15) is 32.7 Å². The first-order chi connectivity index (χ1) is 15.1. The number of amides is 1. The van der Waals surface area contributed by atoms with Crippen LogP contribution in [0.25, 0.3) is 5.69 Å². The maximum absolute atomic E-state index is 13.1. The molecule has 1 aliphatic rings. The van der Waals surface area contributed by atoms with Crippen LogP contribution in [0, 0.1) is 13.8 Å². The molecule has 2 aromatic heterocycles. The number of benzene rings is 1. The zero-order valence-electron chi connectivity index (χ0n) is 18.3. The first kappa shape index (κ1) is 21.6. The maximum Gasteiger partial charge on any atom is 0.253 e. The Morgan fingerprint density at radius 1 is 1.19 bits per heavy atom. The highest BCUT2D eigenvalue weighted by Gasteiger charge is 2.25. The summed E-state index contributed by atoms with van der Waals surface area (Å²) in [6, 6.07) is 14.2. The van der Waals surface area contributed by atoms with E-state index in [1.54, 1.807) is 18.4 Å². The standard InChI is InChI=1S/C24H29N3O3S/c1-17-15-21(18(2)27(17)19-6-8-20(29-3)9-7-19)24(28)25-16-22(23-5-4-14-31-23)26-10-12-30-13-11-26/h4-9,14-15,22H,10-13,16H2,1-3H3,(H,25,28)/t22-/m0/s1. The van der Waals surface area contributed by atoms with E-state index < -0.39 is 0 Å². The van der Waals surface area contributed by atoms with Crippen molar-refractivity contribution in [3.05, 3.63) is 69.7 Å². The predicted octanol–water partition coefficient (Wildman–Crippen LogP) is 3.97. The smallest absolute Gasteiger partial charge is 0.253 e. The second-order valence-electron chi connectivity index (χ2n) is 7.71. The summed E-state index contributed by atoms with van der Waals surface area (Å²) in [6.07, 6.45) is 0. The monoisotopic (exact) mass is 439 g/mol. The molecular weight excluding hydrogens is 410 g/mol. The molecule has 6 nitrogen and oxygen atoms in total. The first-order valence-electron chi connectivity index (χ1n) is 10.5. The fourth-order valence-corrected chi connectivity index (χ4v) is 5.05. The van der Waals surface area contributed by atoms with Crippen LogP contribution in [0.2, 0.25) is 0 Å². The van der Waals surface area contributed by atoms with Gasteiger partial charge in [0.2, 0.25) is 0 Å². The quantitative estimate of drug-likeness (QED) is 0.605. The number of hydrogen-bond donors (Lipinski definition) is 1. The van der Waals surface area contributed by atoms with E-state index in [2.05, 4.69) is 32.3 Å². The third kappa shape index (κ3) is 4.69. The molecule has 7 heteroatoms. The number of carbonyl (C=O) groups is 1. The molecule has 0 saturated carbocycles. The number of hydrogen-bond acceptors (Lipinski definition) is 5. The number of aromatic nitrogens is 1. The molecule has 1 fully saturated rings. The largest absolute Gasteiger partial charge is 0.497 e. The molecule has 1 aromatic carbocycles. The van der Waals surface area contributed by atoms with Crippen molar-refractivity contribution in [2.24, 2.45) is 0 Å². The Morgan fingerprint density at radius 2 is 1.94 bits per heavy atom. The zero-order valence-corrected chi connectivity index (χ0v) is 19.1. The van der Waals surface area contributed by atoms with Gasteiger partial charge in [0.05, 0.1) is 31.9 Å². The summed E-state index contributed by atoms with van der Waals surface area (Å²) in [7, 11) is 1.66. The van der Waals surface area contributed by atoms with Gasteiger partial charge >= 0.3 is 0 Å². The normalized spacial score (nSPS) is 15.6. The van der Waals surface area contributed by atoms with Gasteiger partial charge in [0.1, 0.15) is 5.75 Å². The summed E-state index contributed by atoms with van der Waals surface area (Å²) in [5.41, 5.74) is 3.68. The number of nitrogens with zero attached hydrogens (tertiary/aromatic N) is 2. The van der Waals surface area contributed by atoms with Gasteiger partial charge in [0, 0.05) is 41.6 Å². The van der Waals surface area contributed by atoms with Gasteiger partial charge in [-0.3, -0.25) is 9.69 Å². The number of aryl methyl sites for hydroxylation is 1. The molecule has 1 amide bonds. The van der Waals surface area contributed by atoms with Crippen molar-refractivity contribution >= 4 is 17.2 Å². The summed E-state index contributed by atoms with van der Waals surface area (Å²) < 4.78 is 12.9. The Kier molecular flexibility index (Phi) is 6.75. The molecule has 0 spiro atoms. The van der Waals surface area contributed by atoms with Crippen molar-refractivity contribution < 1.29 is 14.3 Å². The van der Waals surface area contributed by atoms with Gasteiger partial charge in [-0.1, -0.05) is 6.07 Å². The van der Waals surface area contributed by atoms with E-state index in [1.807, 2.05) is 44.2 Å². The highest BCUT2D eigenvalue weighted by Crippen LogP contribution is 2.26. The molecule has 4 rings (SSSR count). The predicted molar refractivity (Wildman–Crippen MR) is 124 cm³/mol. The van der Waals surface area contributed by atoms with Crippen LogP contribution in [0.15, 0.2) is 47.8 Å². The Morgan fingerprint density at radius 3 is 2.58 bits per heavy atom. The number of methoxy groups -OCH3 is 1. The maximum atomic E-state index is 13.1. The van der Waals surface area contributed by atoms with Crippen molar-refractivity contribution in [1.82, 2.24) is 14.8 Å². The molecule has 1 N–H and O–H groups in total. The molecule has 3 heterocycles. The van der Waals surface area contributed by atoms with Crippen LogP contribution >= 0.6 is 11.3 Å². The molecule has 164 valence electrons. The summed E-state index contributed by atoms with van der Waals surface area (Å²) in [5.74, 6) is 0.773. The van der Waals surface area contributed by atoms with Crippen molar-refractivity contribution in [2.75, 3.05) is 40.0 Å². The van der Waals surface area contributed by atoms with Crippen LogP contribution in [-0.2, 0) is 4.74 Å². The number of ether oxygens (including phenoxy) is 2. The third-order valence-electron chi connectivity index (χ3n) is 5.82. The van der Waals surface area contributed by atoms with Crippen LogP contribution in [-0.4, -0.2) is 55.3 Å². The van der Waals surface area contributed by atoms with E-state index in [4.69, 9.17) is 9.47 Å². The molecule has 0 unspecified atom stereocenters. The molecule has 0 bridgehead atoms. The van der Waals surface area contributed by atoms with Gasteiger partial charge in [-0.15, -0.1) is 11.3 Å². The summed E-state index contributed by atoms with van der Waals surface area (Å²) >= 11 is 1.73. The van der Waals surface area contributed by atoms with Gasteiger partial charge in [-0.25, -0.2) is 0 Å². The lowest BCUT2D eigenvalue weighted by Crippen LogP contribution is -2.43. The number of carbonyl (C=O) groups excluding carboxylic acids is 1. The molecule has 1 aliphatic heterocycles. The van der Waals surface area contributed by atoms with E-state index in [0.29, 0.717) is 12.1 Å². The molecular formula is C24H29N3O3S. The number of nitrogens with one attached hydrogen (secondary N) is 1. The minimum atomic E-state index is -0.0392. The average Bonchev–Trinajstić information content (AvgIpc) is 3.43. The second kappa shape index (κ2) is 9.68. The Bertz CT molecular complexity index is 1010. The zero-order chi connectivity index (χ0) is 21.8. The Balaban J connectivity index is 1.51. The summed E-state index contributed by atoms with van der Waals surface area (Å²) in [6.45, 7) is 7.82. The van der Waals surface area contributed by atoms with Crippen LogP contribution in [0.4, 0.5) is 0 Å². The molecule has 1 saturated heterocycles. The van der Waals surface area contributed by atoms with Gasteiger partial charge in [-0.2, -0.15) is 0 Å². The lowest BCUT2D eigenvalue weighted by atomic mass is 10.1. The molecule has 3 aromatic rings. The van der Waals surface area contributed by atoms with E-state index in [-0.39, 0.29) is 11.9 Å². The third-order valence-corrected chi connectivity index (χ3v) is 6.79.